The first-order chi connectivity index (χ1) is 52.6. The van der Waals surface area contributed by atoms with Crippen molar-refractivity contribution in [2.24, 2.45) is 0 Å². The Morgan fingerprint density at radius 3 is 0.727 bits per heavy atom. The van der Waals surface area contributed by atoms with Gasteiger partial charge in [-0.3, -0.25) is 0 Å². The van der Waals surface area contributed by atoms with E-state index in [2.05, 4.69) is 125 Å². The molecule has 4 N–H and O–H groups in total. The molecular formula is C91H110ClN5O8S5. The van der Waals surface area contributed by atoms with E-state index in [1.807, 2.05) is 92.8 Å². The Morgan fingerprint density at radius 2 is 0.482 bits per heavy atom. The van der Waals surface area contributed by atoms with Crippen molar-refractivity contribution in [2.45, 2.75) is 156 Å². The van der Waals surface area contributed by atoms with Gasteiger partial charge in [0, 0.05) is 115 Å². The van der Waals surface area contributed by atoms with E-state index in [4.69, 9.17) is 79.4 Å². The summed E-state index contributed by atoms with van der Waals surface area (Å²) in [5.74, 6) is 1.95. The molecule has 0 heterocycles. The summed E-state index contributed by atoms with van der Waals surface area (Å²) in [6, 6.07) is 48.0. The largest absolute Gasteiger partial charge is 0.507 e. The number of thiocarbonyl (C=S) groups is 5. The van der Waals surface area contributed by atoms with Gasteiger partial charge in [0.1, 0.15) is 46.0 Å². The number of halogens is 1. The number of fused-ring (bicyclic) bond motifs is 4. The standard InChI is InChI=1S/C50H62N4O4S4.C38H42O4.C3H6ClNS/c1-11-13-15-17-19-33-21-23-35-27-39(43(29-37(35)25-33)55-47(59)51(3)4)41-31-46(58-50(62)54(9)10)42(32-45(41)57-49(61)53(7)8)40-28-36-24-22-34(20-18-16-14-12-2)26-38(36)30-44(40)56-48(60)52(5)6;1-3-5-7-9-11-25-13-15-27-19-31(35(39)21-29(27)17-25)33-23-38(42)34(24-37(33)41)32-20-28-16-14-26(12-10-8-6-4-2)18-30(28)22-36(32)40;1-5(2)3(4)6/h21-32H,11-20H2,1-10H3;13-24,39-42H,3-12H2,1-2H3;1-2H3. The molecule has 0 saturated heterocycles. The van der Waals surface area contributed by atoms with Gasteiger partial charge in [0.25, 0.3) is 20.7 Å². The first kappa shape index (κ1) is 87.0. The van der Waals surface area contributed by atoms with Crippen molar-refractivity contribution < 1.29 is 39.4 Å². The third-order valence-electron chi connectivity index (χ3n) is 19.3. The lowest BCUT2D eigenvalue weighted by atomic mass is 9.93. The Hall–Kier alpha value is -8.62. The van der Waals surface area contributed by atoms with Crippen molar-refractivity contribution in [3.8, 4) is 90.5 Å². The van der Waals surface area contributed by atoms with Crippen LogP contribution >= 0.6 is 72.7 Å². The zero-order valence-corrected chi connectivity index (χ0v) is 71.4. The molecule has 584 valence electrons. The number of phenols is 4. The summed E-state index contributed by atoms with van der Waals surface area (Å²) < 4.78 is 26.7. The normalized spacial score (nSPS) is 11.0. The minimum atomic E-state index is -0.0908. The quantitative estimate of drug-likeness (QED) is 0.0122. The van der Waals surface area contributed by atoms with Crippen LogP contribution < -0.4 is 18.9 Å². The number of aromatic hydroxyl groups is 4. The summed E-state index contributed by atoms with van der Waals surface area (Å²) in [7, 11) is 18.5. The Morgan fingerprint density at radius 1 is 0.264 bits per heavy atom. The molecule has 0 spiro atoms. The SMILES string of the molecule is CCCCCCc1ccc2cc(-c3cc(O)c(-c4cc5ccc(CCCCCC)cc5cc4O)cc3O)c(O)cc2c1.CCCCCCc1ccc2cc(-c3cc(OC(=S)N(C)C)c(-c4cc5ccc(CCCCCC)cc5cc4OC(=S)N(C)C)cc3OC(=S)N(C)C)c(OC(=S)N(C)C)cc2c1.CN(C)C(=S)Cl. The van der Waals surface area contributed by atoms with Gasteiger partial charge in [-0.15, -0.1) is 0 Å². The number of rotatable bonds is 28. The van der Waals surface area contributed by atoms with E-state index in [9.17, 15) is 20.4 Å². The molecule has 0 unspecified atom stereocenters. The predicted molar refractivity (Wildman–Crippen MR) is 482 cm³/mol. The minimum Gasteiger partial charge on any atom is -0.507 e. The van der Waals surface area contributed by atoms with E-state index >= 15 is 0 Å². The minimum absolute atomic E-state index is 0.0344. The number of benzene rings is 10. The van der Waals surface area contributed by atoms with Gasteiger partial charge in [-0.1, -0.05) is 189 Å². The molecule has 0 atom stereocenters. The number of aryl methyl sites for hydroxylation is 4. The molecule has 0 amide bonds. The summed E-state index contributed by atoms with van der Waals surface area (Å²) in [4.78, 5) is 8.72. The van der Waals surface area contributed by atoms with E-state index in [1.54, 1.807) is 50.7 Å². The van der Waals surface area contributed by atoms with Gasteiger partial charge in [-0.25, -0.2) is 0 Å². The number of ether oxygens (including phenoxy) is 4. The topological polar surface area (TPSA) is 134 Å². The molecule has 10 aromatic rings. The van der Waals surface area contributed by atoms with Crippen molar-refractivity contribution in [2.75, 3.05) is 70.5 Å². The second kappa shape index (κ2) is 42.1. The maximum Gasteiger partial charge on any atom is 0.264 e. The number of hydrogen-bond acceptors (Lipinski definition) is 13. The van der Waals surface area contributed by atoms with Crippen LogP contribution in [0.15, 0.2) is 146 Å². The van der Waals surface area contributed by atoms with Crippen LogP contribution in [-0.4, -0.2) is 141 Å². The zero-order chi connectivity index (χ0) is 79.9. The number of unbranched alkanes of at least 4 members (excludes halogenated alkanes) is 12. The summed E-state index contributed by atoms with van der Waals surface area (Å²) >= 11 is 32.9. The average molecular weight is 1600 g/mol. The van der Waals surface area contributed by atoms with Gasteiger partial charge in [0.15, 0.2) is 4.45 Å². The zero-order valence-electron chi connectivity index (χ0n) is 66.6. The summed E-state index contributed by atoms with van der Waals surface area (Å²) in [5.41, 5.74) is 9.37. The third kappa shape index (κ3) is 24.2. The Balaban J connectivity index is 0.000000273. The maximum atomic E-state index is 11.1. The Labute approximate surface area is 684 Å². The van der Waals surface area contributed by atoms with Gasteiger partial charge < -0.3 is 63.9 Å². The van der Waals surface area contributed by atoms with Crippen LogP contribution in [0.4, 0.5) is 0 Å². The smallest absolute Gasteiger partial charge is 0.264 e. The van der Waals surface area contributed by atoms with Gasteiger partial charge in [0.2, 0.25) is 0 Å². The molecule has 10 aromatic carbocycles. The molecule has 19 heteroatoms. The lowest BCUT2D eigenvalue weighted by Crippen LogP contribution is -2.26. The van der Waals surface area contributed by atoms with Crippen LogP contribution in [0.1, 0.15) is 153 Å². The highest BCUT2D eigenvalue weighted by Crippen LogP contribution is 2.50. The van der Waals surface area contributed by atoms with Crippen molar-refractivity contribution in [3.63, 3.8) is 0 Å². The van der Waals surface area contributed by atoms with Crippen molar-refractivity contribution >= 4 is 141 Å². The molecule has 0 aliphatic carbocycles. The van der Waals surface area contributed by atoms with Crippen LogP contribution in [0.25, 0.3) is 87.6 Å². The van der Waals surface area contributed by atoms with Gasteiger partial charge >= 0.3 is 0 Å². The first-order valence-electron chi connectivity index (χ1n) is 38.5. The monoisotopic (exact) mass is 1600 g/mol. The predicted octanol–water partition coefficient (Wildman–Crippen LogP) is 23.9. The highest BCUT2D eigenvalue weighted by atomic mass is 35.5. The van der Waals surface area contributed by atoms with Gasteiger partial charge in [0.05, 0.1) is 0 Å². The molecule has 0 bridgehead atoms. The highest BCUT2D eigenvalue weighted by Gasteiger charge is 2.26. The molecule has 110 heavy (non-hydrogen) atoms. The summed E-state index contributed by atoms with van der Waals surface area (Å²) in [5, 5.41) is 53.1. The molecule has 13 nitrogen and oxygen atoms in total. The molecular weight excluding hydrogens is 1490 g/mol. The lowest BCUT2D eigenvalue weighted by molar-refractivity contribution is 0.440. The fraction of sp³-hybridized carbons (Fsp3) is 0.374. The van der Waals surface area contributed by atoms with Crippen LogP contribution in [-0.2, 0) is 25.7 Å². The number of nitrogens with zero attached hydrogens (tertiary/aromatic N) is 5. The lowest BCUT2D eigenvalue weighted by Gasteiger charge is -2.24. The molecule has 0 fully saturated rings. The second-order valence-electron chi connectivity index (χ2n) is 29.3. The van der Waals surface area contributed by atoms with Crippen molar-refractivity contribution in [1.29, 1.82) is 0 Å². The van der Waals surface area contributed by atoms with Gasteiger partial charge in [-0.2, -0.15) is 0 Å². The number of hydrogen-bond donors (Lipinski definition) is 4. The molecule has 0 radical (unpaired) electrons. The summed E-state index contributed by atoms with van der Waals surface area (Å²) in [6.07, 6.45) is 23.3. The van der Waals surface area contributed by atoms with Crippen molar-refractivity contribution in [1.82, 2.24) is 24.5 Å². The fourth-order valence-corrected chi connectivity index (χ4v) is 13.2. The van der Waals surface area contributed by atoms with Crippen LogP contribution in [0.5, 0.6) is 46.0 Å². The Kier molecular flexibility index (Phi) is 33.3. The molecule has 0 aromatic heterocycles. The maximum absolute atomic E-state index is 11.1. The third-order valence-corrected chi connectivity index (χ3v) is 21.8. The average Bonchev–Trinajstić information content (AvgIpc) is 0.777. The molecule has 10 rings (SSSR count). The van der Waals surface area contributed by atoms with E-state index < -0.39 is 0 Å². The molecule has 0 aliphatic heterocycles. The number of phenolic OH excluding ortho intramolecular Hbond substituents is 4. The molecule has 0 aliphatic rings. The van der Waals surface area contributed by atoms with E-state index in [0.29, 0.717) is 71.2 Å². The van der Waals surface area contributed by atoms with E-state index in [1.165, 1.54) is 111 Å². The summed E-state index contributed by atoms with van der Waals surface area (Å²) in [6.45, 7) is 8.89. The van der Waals surface area contributed by atoms with Crippen LogP contribution in [0.2, 0.25) is 0 Å². The fourth-order valence-electron chi connectivity index (χ4n) is 12.9. The van der Waals surface area contributed by atoms with E-state index in [-0.39, 0.29) is 33.3 Å². The van der Waals surface area contributed by atoms with Crippen LogP contribution in [0.3, 0.4) is 0 Å². The van der Waals surface area contributed by atoms with Crippen LogP contribution in [0, 0.1) is 0 Å². The first-order valence-corrected chi connectivity index (χ1v) is 40.9. The van der Waals surface area contributed by atoms with Gasteiger partial charge in [-0.05, 0) is 251 Å². The second-order valence-corrected chi connectivity index (χ2v) is 31.7. The Bertz CT molecular complexity index is 4590. The van der Waals surface area contributed by atoms with Crippen molar-refractivity contribution in [3.05, 3.63) is 168 Å². The highest BCUT2D eigenvalue weighted by molar-refractivity contribution is 7.83. The van der Waals surface area contributed by atoms with E-state index in [0.717, 1.165) is 106 Å². The molecule has 0 saturated carbocycles.